The van der Waals surface area contributed by atoms with Crippen LogP contribution in [-0.2, 0) is 6.42 Å². The second kappa shape index (κ2) is 17.4. The number of nitrogens with zero attached hydrogens (tertiary/aromatic N) is 1. The monoisotopic (exact) mass is 488 g/mol. The maximum atomic E-state index is 13.7. The first-order valence-corrected chi connectivity index (χ1v) is 12.6. The summed E-state index contributed by atoms with van der Waals surface area (Å²) in [6, 6.07) is 1.81. The zero-order valence-corrected chi connectivity index (χ0v) is 21.2. The molecule has 3 rings (SSSR count). The lowest BCUT2D eigenvalue weighted by Gasteiger charge is -2.39. The molecule has 0 amide bonds. The number of nitrogens with two attached hydrogens (primary N) is 1. The van der Waals surface area contributed by atoms with Crippen molar-refractivity contribution in [3.63, 3.8) is 0 Å². The summed E-state index contributed by atoms with van der Waals surface area (Å²) >= 11 is 3.68. The molecule has 4 nitrogen and oxygen atoms in total. The average Bonchev–Trinajstić information content (AvgIpc) is 2.81. The zero-order valence-electron chi connectivity index (χ0n) is 20.3. The Morgan fingerprint density at radius 2 is 1.88 bits per heavy atom. The Morgan fingerprint density at radius 3 is 2.36 bits per heavy atom. The van der Waals surface area contributed by atoms with Gasteiger partial charge in [0.15, 0.2) is 11.6 Å². The van der Waals surface area contributed by atoms with Gasteiger partial charge in [-0.15, -0.1) is 6.58 Å². The third-order valence-corrected chi connectivity index (χ3v) is 6.45. The molecule has 3 unspecified atom stereocenters. The summed E-state index contributed by atoms with van der Waals surface area (Å²) in [5, 5.41) is 3.28. The molecule has 0 radical (unpaired) electrons. The van der Waals surface area contributed by atoms with E-state index in [4.69, 9.17) is 5.73 Å². The molecule has 2 aliphatic rings. The number of likely N-dealkylation sites (tertiary alicyclic amines) is 1. The molecule has 0 saturated carbocycles. The number of benzene rings is 1. The minimum atomic E-state index is -1.16. The van der Waals surface area contributed by atoms with Crippen LogP contribution in [0.3, 0.4) is 0 Å². The Hall–Kier alpha value is -1.06. The molecule has 3 atom stereocenters. The Kier molecular flexibility index (Phi) is 15.8. The summed E-state index contributed by atoms with van der Waals surface area (Å²) in [5.41, 5.74) is 6.40. The van der Waals surface area contributed by atoms with E-state index in [-0.39, 0.29) is 18.0 Å². The fourth-order valence-electron chi connectivity index (χ4n) is 4.27. The average molecular weight is 489 g/mol. The fourth-order valence-corrected chi connectivity index (χ4v) is 4.40. The molecule has 1 aromatic carbocycles. The van der Waals surface area contributed by atoms with E-state index >= 15 is 0 Å². The van der Waals surface area contributed by atoms with Crippen molar-refractivity contribution in [2.75, 3.05) is 33.2 Å². The quantitative estimate of drug-likeness (QED) is 0.252. The van der Waals surface area contributed by atoms with Crippen molar-refractivity contribution >= 4 is 12.8 Å². The van der Waals surface area contributed by atoms with Crippen molar-refractivity contribution in [2.24, 2.45) is 11.7 Å². The molecule has 0 aliphatic carbocycles. The molecule has 0 spiro atoms. The van der Waals surface area contributed by atoms with E-state index in [0.29, 0.717) is 18.0 Å². The highest BCUT2D eigenvalue weighted by molar-refractivity contribution is 7.78. The van der Waals surface area contributed by atoms with Crippen LogP contribution in [0.25, 0.3) is 0 Å². The van der Waals surface area contributed by atoms with Crippen LogP contribution in [0, 0.1) is 23.4 Å². The van der Waals surface area contributed by atoms with Gasteiger partial charge in [-0.25, -0.2) is 13.2 Å². The summed E-state index contributed by atoms with van der Waals surface area (Å²) in [6.45, 7) is 9.84. The van der Waals surface area contributed by atoms with Crippen LogP contribution in [0.15, 0.2) is 24.8 Å². The summed E-state index contributed by atoms with van der Waals surface area (Å²) in [6.07, 6.45) is 10.4. The van der Waals surface area contributed by atoms with E-state index in [1.807, 2.05) is 0 Å². The molecular weight excluding hydrogens is 445 g/mol. The summed E-state index contributed by atoms with van der Waals surface area (Å²) in [7, 11) is 2.12. The zero-order chi connectivity index (χ0) is 24.6. The molecule has 190 valence electrons. The second-order valence-electron chi connectivity index (χ2n) is 8.89. The normalized spacial score (nSPS) is 21.8. The van der Waals surface area contributed by atoms with E-state index in [0.717, 1.165) is 44.8 Å². The van der Waals surface area contributed by atoms with Gasteiger partial charge in [0.1, 0.15) is 5.82 Å². The molecule has 2 saturated heterocycles. The van der Waals surface area contributed by atoms with Gasteiger partial charge in [0, 0.05) is 24.7 Å². The highest BCUT2D eigenvalue weighted by atomic mass is 32.1. The summed E-state index contributed by atoms with van der Waals surface area (Å²) < 4.78 is 42.6. The van der Waals surface area contributed by atoms with Gasteiger partial charge >= 0.3 is 0 Å². The van der Waals surface area contributed by atoms with E-state index in [2.05, 4.69) is 48.3 Å². The summed E-state index contributed by atoms with van der Waals surface area (Å²) in [5.74, 6) is -2.60. The van der Waals surface area contributed by atoms with Crippen molar-refractivity contribution in [3.8, 4) is 0 Å². The lowest BCUT2D eigenvalue weighted by atomic mass is 9.82. The van der Waals surface area contributed by atoms with E-state index in [9.17, 15) is 13.2 Å². The molecular formula is C25H43F3N4S. The maximum Gasteiger partial charge on any atom is 0.161 e. The van der Waals surface area contributed by atoms with Gasteiger partial charge in [-0.05, 0) is 82.8 Å². The molecule has 33 heavy (non-hydrogen) atoms. The van der Waals surface area contributed by atoms with Crippen molar-refractivity contribution in [3.05, 3.63) is 47.8 Å². The van der Waals surface area contributed by atoms with Crippen molar-refractivity contribution in [2.45, 2.75) is 70.4 Å². The Morgan fingerprint density at radius 1 is 1.21 bits per heavy atom. The van der Waals surface area contributed by atoms with Gasteiger partial charge in [0.25, 0.3) is 0 Å². The minimum Gasteiger partial charge on any atom is -0.327 e. The molecule has 0 aromatic heterocycles. The Bertz CT molecular complexity index is 662. The molecule has 0 bridgehead atoms. The van der Waals surface area contributed by atoms with Crippen molar-refractivity contribution in [1.29, 1.82) is 0 Å². The third-order valence-electron chi connectivity index (χ3n) is 6.27. The van der Waals surface area contributed by atoms with Gasteiger partial charge in [-0.1, -0.05) is 38.7 Å². The standard InChI is InChI=1S/C17H25F3N2.C5H11N.C3H7NS/c1-3-4-13-7-11(5-6-22(13)2)17(21)9-12-8-15(19)16(20)10-14(12)18;1-2-4-6-5-3-1;1-2-3-4-5/h8,10-11,13,17H,3-7,9,21H2,1-2H3;6H,1-5H2;2,4-5H,1,3H2. The molecule has 2 fully saturated rings. The number of hydrogen-bond acceptors (Lipinski definition) is 5. The predicted molar refractivity (Wildman–Crippen MR) is 136 cm³/mol. The lowest BCUT2D eigenvalue weighted by molar-refractivity contribution is 0.120. The first kappa shape index (κ1) is 30.0. The number of nitrogens with one attached hydrogen (secondary N) is 2. The number of hydrogen-bond donors (Lipinski definition) is 4. The largest absolute Gasteiger partial charge is 0.327 e. The number of halogens is 3. The third kappa shape index (κ3) is 11.8. The topological polar surface area (TPSA) is 53.3 Å². The first-order valence-electron chi connectivity index (χ1n) is 12.1. The van der Waals surface area contributed by atoms with Crippen LogP contribution in [0.2, 0.25) is 0 Å². The number of rotatable bonds is 7. The van der Waals surface area contributed by atoms with Crippen LogP contribution >= 0.6 is 12.8 Å². The predicted octanol–water partition coefficient (Wildman–Crippen LogP) is 4.85. The van der Waals surface area contributed by atoms with E-state index in [1.54, 1.807) is 6.08 Å². The number of piperidine rings is 2. The highest BCUT2D eigenvalue weighted by Gasteiger charge is 2.29. The van der Waals surface area contributed by atoms with Gasteiger partial charge in [-0.3, -0.25) is 4.72 Å². The van der Waals surface area contributed by atoms with Crippen molar-refractivity contribution < 1.29 is 13.2 Å². The van der Waals surface area contributed by atoms with Crippen LogP contribution in [0.5, 0.6) is 0 Å². The fraction of sp³-hybridized carbons (Fsp3) is 0.680. The second-order valence-corrected chi connectivity index (χ2v) is 9.21. The maximum absolute atomic E-state index is 13.7. The van der Waals surface area contributed by atoms with Gasteiger partial charge in [-0.2, -0.15) is 0 Å². The summed E-state index contributed by atoms with van der Waals surface area (Å²) in [4.78, 5) is 2.35. The highest BCUT2D eigenvalue weighted by Crippen LogP contribution is 2.28. The van der Waals surface area contributed by atoms with Crippen LogP contribution in [-0.4, -0.2) is 50.2 Å². The van der Waals surface area contributed by atoms with E-state index < -0.39 is 17.5 Å². The van der Waals surface area contributed by atoms with Gasteiger partial charge in [0.2, 0.25) is 0 Å². The van der Waals surface area contributed by atoms with Crippen molar-refractivity contribution in [1.82, 2.24) is 14.9 Å². The van der Waals surface area contributed by atoms with Gasteiger partial charge < -0.3 is 16.0 Å². The molecule has 4 N–H and O–H groups in total. The first-order chi connectivity index (χ1) is 15.8. The molecule has 2 heterocycles. The van der Waals surface area contributed by atoms with Gasteiger partial charge in [0.05, 0.1) is 0 Å². The minimum absolute atomic E-state index is 0.164. The lowest BCUT2D eigenvalue weighted by Crippen LogP contribution is -2.45. The molecule has 8 heteroatoms. The van der Waals surface area contributed by atoms with Crippen LogP contribution < -0.4 is 15.8 Å². The molecule has 1 aromatic rings. The number of thiol groups is 1. The van der Waals surface area contributed by atoms with Crippen LogP contribution in [0.1, 0.15) is 57.4 Å². The van der Waals surface area contributed by atoms with E-state index in [1.165, 1.54) is 32.4 Å². The SMILES string of the molecule is C1CCNCC1.C=CCNS.CCCC1CC(C(N)Cc2cc(F)c(F)cc2F)CCN1C. The van der Waals surface area contributed by atoms with Crippen LogP contribution in [0.4, 0.5) is 13.2 Å². The Balaban J connectivity index is 0.000000405. The molecule has 2 aliphatic heterocycles. The smallest absolute Gasteiger partial charge is 0.161 e. The Labute approximate surface area is 204 Å².